The van der Waals surface area contributed by atoms with Gasteiger partial charge in [0.15, 0.2) is 0 Å². The Labute approximate surface area is 239 Å². The molecule has 3 aromatic rings. The van der Waals surface area contributed by atoms with E-state index in [2.05, 4.69) is 15.5 Å². The van der Waals surface area contributed by atoms with Gasteiger partial charge < -0.3 is 25.3 Å². The molecular formula is C31H34ClN5O3. The van der Waals surface area contributed by atoms with Crippen molar-refractivity contribution in [2.24, 2.45) is 0 Å². The highest BCUT2D eigenvalue weighted by Gasteiger charge is 2.27. The average molecular weight is 560 g/mol. The van der Waals surface area contributed by atoms with E-state index in [1.807, 2.05) is 48.2 Å². The minimum Gasteiger partial charge on any atom is -0.367 e. The zero-order valence-electron chi connectivity index (χ0n) is 22.7. The molecule has 0 aliphatic carbocycles. The molecule has 5 rings (SSSR count). The predicted molar refractivity (Wildman–Crippen MR) is 160 cm³/mol. The number of carbonyl (C=O) groups is 3. The molecule has 2 aliphatic heterocycles. The first-order chi connectivity index (χ1) is 19.4. The molecule has 4 amide bonds. The van der Waals surface area contributed by atoms with Crippen molar-refractivity contribution < 1.29 is 14.4 Å². The van der Waals surface area contributed by atoms with Crippen LogP contribution >= 0.6 is 11.6 Å². The second kappa shape index (κ2) is 12.4. The zero-order valence-corrected chi connectivity index (χ0v) is 23.4. The van der Waals surface area contributed by atoms with Crippen LogP contribution in [0.1, 0.15) is 45.5 Å². The number of rotatable bonds is 5. The molecule has 0 radical (unpaired) electrons. The van der Waals surface area contributed by atoms with E-state index >= 15 is 0 Å². The SMILES string of the molecule is Cc1cccc(NC(=O)N2CCN(c3ccc(NC(=O)c4ccc(Cl)cc4)cc3C(=O)N3CCCCC3)CC2)c1. The molecule has 0 atom stereocenters. The van der Waals surface area contributed by atoms with E-state index in [1.165, 1.54) is 0 Å². The van der Waals surface area contributed by atoms with E-state index in [0.29, 0.717) is 48.0 Å². The summed E-state index contributed by atoms with van der Waals surface area (Å²) in [5.74, 6) is -0.300. The molecular weight excluding hydrogens is 526 g/mol. The molecule has 8 nitrogen and oxygen atoms in total. The van der Waals surface area contributed by atoms with Crippen LogP contribution in [0.15, 0.2) is 66.7 Å². The van der Waals surface area contributed by atoms with E-state index in [0.717, 1.165) is 49.3 Å². The molecule has 2 saturated heterocycles. The van der Waals surface area contributed by atoms with Crippen molar-refractivity contribution in [3.8, 4) is 0 Å². The summed E-state index contributed by atoms with van der Waals surface area (Å²) in [6, 6.07) is 19.8. The second-order valence-electron chi connectivity index (χ2n) is 10.3. The van der Waals surface area contributed by atoms with Gasteiger partial charge in [-0.2, -0.15) is 0 Å². The first kappa shape index (κ1) is 27.5. The number of carbonyl (C=O) groups excluding carboxylic acids is 3. The number of hydrogen-bond acceptors (Lipinski definition) is 4. The molecule has 3 aromatic carbocycles. The van der Waals surface area contributed by atoms with Crippen LogP contribution in [0.3, 0.4) is 0 Å². The number of likely N-dealkylation sites (tertiary alicyclic amines) is 1. The van der Waals surface area contributed by atoms with Crippen LogP contribution in [0, 0.1) is 6.92 Å². The first-order valence-corrected chi connectivity index (χ1v) is 14.1. The Morgan fingerprint density at radius 2 is 1.43 bits per heavy atom. The van der Waals surface area contributed by atoms with Gasteiger partial charge in [-0.25, -0.2) is 4.79 Å². The third kappa shape index (κ3) is 6.57. The summed E-state index contributed by atoms with van der Waals surface area (Å²) in [5, 5.41) is 6.46. The number of anilines is 3. The Balaban J connectivity index is 1.32. The van der Waals surface area contributed by atoms with Gasteiger partial charge in [-0.3, -0.25) is 9.59 Å². The summed E-state index contributed by atoms with van der Waals surface area (Å²) in [6.07, 6.45) is 3.10. The van der Waals surface area contributed by atoms with Crippen molar-refractivity contribution >= 4 is 46.5 Å². The minimum absolute atomic E-state index is 0.0306. The fourth-order valence-corrected chi connectivity index (χ4v) is 5.33. The average Bonchev–Trinajstić information content (AvgIpc) is 2.97. The summed E-state index contributed by atoms with van der Waals surface area (Å²) in [7, 11) is 0. The van der Waals surface area contributed by atoms with Crippen molar-refractivity contribution in [1.82, 2.24) is 9.80 Å². The first-order valence-electron chi connectivity index (χ1n) is 13.8. The van der Waals surface area contributed by atoms with Crippen LogP contribution in [-0.4, -0.2) is 66.9 Å². The van der Waals surface area contributed by atoms with Crippen LogP contribution in [0.5, 0.6) is 0 Å². The maximum atomic E-state index is 13.7. The van der Waals surface area contributed by atoms with Gasteiger partial charge in [0, 0.05) is 66.9 Å². The smallest absolute Gasteiger partial charge is 0.321 e. The van der Waals surface area contributed by atoms with Crippen molar-refractivity contribution in [3.05, 3.63) is 88.4 Å². The van der Waals surface area contributed by atoms with Crippen LogP contribution in [0.2, 0.25) is 5.02 Å². The van der Waals surface area contributed by atoms with E-state index in [-0.39, 0.29) is 17.8 Å². The zero-order chi connectivity index (χ0) is 28.1. The topological polar surface area (TPSA) is 85.0 Å². The molecule has 0 spiro atoms. The van der Waals surface area contributed by atoms with E-state index in [9.17, 15) is 14.4 Å². The van der Waals surface area contributed by atoms with Gasteiger partial charge in [0.05, 0.1) is 5.56 Å². The van der Waals surface area contributed by atoms with Gasteiger partial charge in [-0.1, -0.05) is 23.7 Å². The van der Waals surface area contributed by atoms with Crippen LogP contribution in [0.4, 0.5) is 21.9 Å². The van der Waals surface area contributed by atoms with Crippen LogP contribution < -0.4 is 15.5 Å². The number of aryl methyl sites for hydroxylation is 1. The highest BCUT2D eigenvalue weighted by molar-refractivity contribution is 6.30. The quantitative estimate of drug-likeness (QED) is 0.409. The van der Waals surface area contributed by atoms with Gasteiger partial charge >= 0.3 is 6.03 Å². The maximum absolute atomic E-state index is 13.7. The van der Waals surface area contributed by atoms with Gasteiger partial charge in [-0.05, 0) is 86.3 Å². The third-order valence-corrected chi connectivity index (χ3v) is 7.66. The lowest BCUT2D eigenvalue weighted by atomic mass is 10.1. The van der Waals surface area contributed by atoms with Crippen molar-refractivity contribution in [2.75, 3.05) is 54.8 Å². The molecule has 0 saturated carbocycles. The molecule has 2 N–H and O–H groups in total. The number of piperazine rings is 1. The van der Waals surface area contributed by atoms with Gasteiger partial charge in [0.1, 0.15) is 0 Å². The summed E-state index contributed by atoms with van der Waals surface area (Å²) in [4.78, 5) is 45.3. The fraction of sp³-hybridized carbons (Fsp3) is 0.323. The lowest BCUT2D eigenvalue weighted by Crippen LogP contribution is -2.50. The van der Waals surface area contributed by atoms with Gasteiger partial charge in [-0.15, -0.1) is 0 Å². The van der Waals surface area contributed by atoms with E-state index in [4.69, 9.17) is 11.6 Å². The fourth-order valence-electron chi connectivity index (χ4n) is 5.21. The second-order valence-corrected chi connectivity index (χ2v) is 10.8. The van der Waals surface area contributed by atoms with E-state index in [1.54, 1.807) is 35.2 Å². The summed E-state index contributed by atoms with van der Waals surface area (Å²) >= 11 is 5.96. The van der Waals surface area contributed by atoms with Crippen LogP contribution in [-0.2, 0) is 0 Å². The molecule has 2 fully saturated rings. The minimum atomic E-state index is -0.269. The Morgan fingerprint density at radius 1 is 0.725 bits per heavy atom. The molecule has 0 unspecified atom stereocenters. The largest absolute Gasteiger partial charge is 0.367 e. The highest BCUT2D eigenvalue weighted by atomic mass is 35.5. The lowest BCUT2D eigenvalue weighted by molar-refractivity contribution is 0.0724. The number of nitrogens with one attached hydrogen (secondary N) is 2. The Kier molecular flexibility index (Phi) is 8.55. The van der Waals surface area contributed by atoms with Crippen molar-refractivity contribution in [1.29, 1.82) is 0 Å². The number of benzene rings is 3. The molecule has 2 heterocycles. The van der Waals surface area contributed by atoms with Gasteiger partial charge in [0.25, 0.3) is 11.8 Å². The monoisotopic (exact) mass is 559 g/mol. The summed E-state index contributed by atoms with van der Waals surface area (Å²) < 4.78 is 0. The molecule has 40 heavy (non-hydrogen) atoms. The Morgan fingerprint density at radius 3 is 2.12 bits per heavy atom. The van der Waals surface area contributed by atoms with Crippen molar-refractivity contribution in [3.63, 3.8) is 0 Å². The molecule has 0 aromatic heterocycles. The Hall–Kier alpha value is -4.04. The van der Waals surface area contributed by atoms with Crippen molar-refractivity contribution in [2.45, 2.75) is 26.2 Å². The number of urea groups is 1. The molecule has 9 heteroatoms. The lowest BCUT2D eigenvalue weighted by Gasteiger charge is -2.37. The maximum Gasteiger partial charge on any atom is 0.321 e. The number of amides is 4. The normalized spacial score (nSPS) is 15.5. The van der Waals surface area contributed by atoms with E-state index < -0.39 is 0 Å². The number of nitrogens with zero attached hydrogens (tertiary/aromatic N) is 3. The Bertz CT molecular complexity index is 1380. The van der Waals surface area contributed by atoms with Crippen LogP contribution in [0.25, 0.3) is 0 Å². The van der Waals surface area contributed by atoms with Gasteiger partial charge in [0.2, 0.25) is 0 Å². The standard InChI is InChI=1S/C31H34ClN5O3/c1-22-6-5-7-25(20-22)34-31(40)37-18-16-35(17-19-37)28-13-12-26(33-29(38)23-8-10-24(32)11-9-23)21-27(28)30(39)36-14-3-2-4-15-36/h5-13,20-21H,2-4,14-19H2,1H3,(H,33,38)(H,34,40). The predicted octanol–water partition coefficient (Wildman–Crippen LogP) is 5.88. The molecule has 0 bridgehead atoms. The molecule has 2 aliphatic rings. The highest BCUT2D eigenvalue weighted by Crippen LogP contribution is 2.28. The number of piperidine rings is 1. The summed E-state index contributed by atoms with van der Waals surface area (Å²) in [5.41, 5.74) is 4.28. The third-order valence-electron chi connectivity index (χ3n) is 7.41. The summed E-state index contributed by atoms with van der Waals surface area (Å²) in [6.45, 7) is 5.70. The molecule has 208 valence electrons. The number of halogens is 1. The number of hydrogen-bond donors (Lipinski definition) is 2.